The van der Waals surface area contributed by atoms with Crippen LogP contribution in [0, 0.1) is 0 Å². The summed E-state index contributed by atoms with van der Waals surface area (Å²) in [7, 11) is 3.62. The summed E-state index contributed by atoms with van der Waals surface area (Å²) < 4.78 is 10.8. The highest BCUT2D eigenvalue weighted by atomic mass is 16.5. The van der Waals surface area contributed by atoms with E-state index in [1.165, 1.54) is 0 Å². The summed E-state index contributed by atoms with van der Waals surface area (Å²) in [5.74, 6) is 0.447. The van der Waals surface area contributed by atoms with Gasteiger partial charge in [-0.05, 0) is 19.2 Å². The van der Waals surface area contributed by atoms with E-state index in [2.05, 4.69) is 17.3 Å². The zero-order chi connectivity index (χ0) is 19.2. The van der Waals surface area contributed by atoms with Gasteiger partial charge in [0.05, 0.1) is 32.1 Å². The normalized spacial score (nSPS) is 21.0. The van der Waals surface area contributed by atoms with E-state index in [0.717, 1.165) is 13.1 Å². The number of nitrogens with zero attached hydrogens (tertiary/aromatic N) is 3. The molecule has 1 aromatic rings. The second-order valence-corrected chi connectivity index (χ2v) is 6.95. The maximum Gasteiger partial charge on any atom is 0.320 e. The number of carbonyl (C=O) groups excluding carboxylic acids is 2. The summed E-state index contributed by atoms with van der Waals surface area (Å²) in [4.78, 5) is 31.4. The van der Waals surface area contributed by atoms with Crippen molar-refractivity contribution in [3.8, 4) is 5.75 Å². The predicted octanol–water partition coefficient (Wildman–Crippen LogP) is 1.09. The van der Waals surface area contributed by atoms with Crippen LogP contribution in [0.2, 0.25) is 0 Å². The van der Waals surface area contributed by atoms with E-state index in [1.54, 1.807) is 24.1 Å². The molecule has 27 heavy (non-hydrogen) atoms. The molecule has 148 valence electrons. The number of hydrogen-bond acceptors (Lipinski definition) is 5. The zero-order valence-electron chi connectivity index (χ0n) is 16.0. The van der Waals surface area contributed by atoms with Crippen LogP contribution in [0.15, 0.2) is 24.3 Å². The maximum atomic E-state index is 12.9. The first kappa shape index (κ1) is 19.4. The lowest BCUT2D eigenvalue weighted by atomic mass is 10.1. The first-order valence-corrected chi connectivity index (χ1v) is 9.33. The molecular weight excluding hydrogens is 348 g/mol. The number of nitrogens with one attached hydrogen (secondary N) is 1. The number of para-hydroxylation sites is 2. The molecule has 1 unspecified atom stereocenters. The second kappa shape index (κ2) is 9.05. The van der Waals surface area contributed by atoms with Crippen LogP contribution < -0.4 is 10.1 Å². The van der Waals surface area contributed by atoms with Gasteiger partial charge in [0.2, 0.25) is 5.91 Å². The molecule has 1 N–H and O–H groups in total. The van der Waals surface area contributed by atoms with Gasteiger partial charge in [0.25, 0.3) is 0 Å². The fourth-order valence-corrected chi connectivity index (χ4v) is 3.42. The molecule has 8 nitrogen and oxygen atoms in total. The molecule has 1 atom stereocenters. The first-order valence-electron chi connectivity index (χ1n) is 9.33. The Labute approximate surface area is 160 Å². The van der Waals surface area contributed by atoms with Crippen LogP contribution in [-0.2, 0) is 9.53 Å². The van der Waals surface area contributed by atoms with Gasteiger partial charge in [-0.2, -0.15) is 0 Å². The van der Waals surface area contributed by atoms with Gasteiger partial charge in [0, 0.05) is 39.1 Å². The Balaban J connectivity index is 1.61. The standard InChI is InChI=1S/C19H28N4O4/c1-21-7-9-22(10-8-21)19(25)23-11-12-27-14-15(23)13-18(24)20-16-5-3-4-6-17(16)26-2/h3-6,15H,7-14H2,1-2H3,(H,20,24). The molecule has 2 aliphatic heterocycles. The first-order chi connectivity index (χ1) is 13.1. The molecule has 0 aromatic heterocycles. The maximum absolute atomic E-state index is 12.9. The molecule has 0 aliphatic carbocycles. The fourth-order valence-electron chi connectivity index (χ4n) is 3.42. The van der Waals surface area contributed by atoms with Crippen molar-refractivity contribution >= 4 is 17.6 Å². The van der Waals surface area contributed by atoms with Crippen molar-refractivity contribution in [2.75, 3.05) is 65.4 Å². The Morgan fingerprint density at radius 2 is 1.93 bits per heavy atom. The van der Waals surface area contributed by atoms with Gasteiger partial charge in [0.15, 0.2) is 0 Å². The number of rotatable bonds is 4. The molecule has 3 amide bonds. The van der Waals surface area contributed by atoms with Crippen LogP contribution in [0.5, 0.6) is 5.75 Å². The Morgan fingerprint density at radius 3 is 2.67 bits per heavy atom. The topological polar surface area (TPSA) is 74.3 Å². The van der Waals surface area contributed by atoms with E-state index in [9.17, 15) is 9.59 Å². The molecule has 2 saturated heterocycles. The Bertz CT molecular complexity index is 661. The Morgan fingerprint density at radius 1 is 1.19 bits per heavy atom. The monoisotopic (exact) mass is 376 g/mol. The van der Waals surface area contributed by atoms with Crippen molar-refractivity contribution in [1.82, 2.24) is 14.7 Å². The molecule has 2 aliphatic rings. The molecular formula is C19H28N4O4. The number of benzene rings is 1. The Kier molecular flexibility index (Phi) is 6.52. The zero-order valence-corrected chi connectivity index (χ0v) is 16.0. The molecule has 1 aromatic carbocycles. The van der Waals surface area contributed by atoms with Crippen molar-refractivity contribution in [2.24, 2.45) is 0 Å². The quantitative estimate of drug-likeness (QED) is 0.852. The molecule has 0 radical (unpaired) electrons. The highest BCUT2D eigenvalue weighted by Gasteiger charge is 2.33. The number of carbonyl (C=O) groups is 2. The molecule has 3 rings (SSSR count). The van der Waals surface area contributed by atoms with Gasteiger partial charge in [-0.1, -0.05) is 12.1 Å². The minimum atomic E-state index is -0.263. The number of likely N-dealkylation sites (N-methyl/N-ethyl adjacent to an activating group) is 1. The molecule has 2 fully saturated rings. The summed E-state index contributed by atoms with van der Waals surface area (Å²) in [5, 5.41) is 2.88. The number of urea groups is 1. The van der Waals surface area contributed by atoms with Gasteiger partial charge in [0.1, 0.15) is 5.75 Å². The second-order valence-electron chi connectivity index (χ2n) is 6.95. The van der Waals surface area contributed by atoms with E-state index in [-0.39, 0.29) is 24.4 Å². The van der Waals surface area contributed by atoms with Crippen LogP contribution in [-0.4, -0.2) is 92.8 Å². The summed E-state index contributed by atoms with van der Waals surface area (Å²) in [6, 6.07) is 7.01. The van der Waals surface area contributed by atoms with Crippen LogP contribution >= 0.6 is 0 Å². The number of hydrogen-bond donors (Lipinski definition) is 1. The third-order valence-corrected chi connectivity index (χ3v) is 5.05. The van der Waals surface area contributed by atoms with E-state index >= 15 is 0 Å². The van der Waals surface area contributed by atoms with Crippen molar-refractivity contribution in [1.29, 1.82) is 0 Å². The summed E-state index contributed by atoms with van der Waals surface area (Å²) in [6.07, 6.45) is 0.192. The smallest absolute Gasteiger partial charge is 0.320 e. The number of morpholine rings is 1. The number of ether oxygens (including phenoxy) is 2. The fraction of sp³-hybridized carbons (Fsp3) is 0.579. The lowest BCUT2D eigenvalue weighted by Crippen LogP contribution is -2.57. The molecule has 2 heterocycles. The minimum Gasteiger partial charge on any atom is -0.495 e. The number of anilines is 1. The minimum absolute atomic E-state index is 0.00138. The van der Waals surface area contributed by atoms with Crippen molar-refractivity contribution in [3.63, 3.8) is 0 Å². The molecule has 0 saturated carbocycles. The van der Waals surface area contributed by atoms with Gasteiger partial charge >= 0.3 is 6.03 Å². The summed E-state index contributed by atoms with van der Waals surface area (Å²) in [6.45, 7) is 4.56. The lowest BCUT2D eigenvalue weighted by molar-refractivity contribution is -0.118. The van der Waals surface area contributed by atoms with Crippen LogP contribution in [0.4, 0.5) is 10.5 Å². The number of amides is 3. The van der Waals surface area contributed by atoms with Crippen LogP contribution in [0.25, 0.3) is 0 Å². The van der Waals surface area contributed by atoms with Gasteiger partial charge in [-0.15, -0.1) is 0 Å². The molecule has 0 bridgehead atoms. The largest absolute Gasteiger partial charge is 0.495 e. The lowest BCUT2D eigenvalue weighted by Gasteiger charge is -2.41. The summed E-state index contributed by atoms with van der Waals surface area (Å²) >= 11 is 0. The third-order valence-electron chi connectivity index (χ3n) is 5.05. The number of piperazine rings is 1. The van der Waals surface area contributed by atoms with Gasteiger partial charge in [-0.3, -0.25) is 4.79 Å². The van der Waals surface area contributed by atoms with Gasteiger partial charge in [-0.25, -0.2) is 4.79 Å². The van der Waals surface area contributed by atoms with Crippen LogP contribution in [0.1, 0.15) is 6.42 Å². The Hall–Kier alpha value is -2.32. The van der Waals surface area contributed by atoms with Crippen LogP contribution in [0.3, 0.4) is 0 Å². The SMILES string of the molecule is COc1ccccc1NC(=O)CC1COCCN1C(=O)N1CCN(C)CC1. The number of methoxy groups -OCH3 is 1. The van der Waals surface area contributed by atoms with Crippen molar-refractivity contribution in [3.05, 3.63) is 24.3 Å². The third kappa shape index (κ3) is 4.90. The molecule has 8 heteroatoms. The highest BCUT2D eigenvalue weighted by molar-refractivity contribution is 5.93. The van der Waals surface area contributed by atoms with Crippen molar-refractivity contribution < 1.29 is 19.1 Å². The summed E-state index contributed by atoms with van der Waals surface area (Å²) in [5.41, 5.74) is 0.624. The van der Waals surface area contributed by atoms with E-state index in [4.69, 9.17) is 9.47 Å². The highest BCUT2D eigenvalue weighted by Crippen LogP contribution is 2.24. The van der Waals surface area contributed by atoms with E-state index in [1.807, 2.05) is 17.0 Å². The van der Waals surface area contributed by atoms with E-state index < -0.39 is 0 Å². The average molecular weight is 376 g/mol. The average Bonchev–Trinajstić information content (AvgIpc) is 2.69. The predicted molar refractivity (Wildman–Crippen MR) is 102 cm³/mol. The van der Waals surface area contributed by atoms with Gasteiger partial charge < -0.3 is 29.5 Å². The molecule has 0 spiro atoms. The van der Waals surface area contributed by atoms with E-state index in [0.29, 0.717) is 44.3 Å². The van der Waals surface area contributed by atoms with Crippen molar-refractivity contribution in [2.45, 2.75) is 12.5 Å².